The molecule has 3 heteroatoms. The van der Waals surface area contributed by atoms with Crippen molar-refractivity contribution >= 4 is 18.5 Å². The Hall–Kier alpha value is -0.180. The summed E-state index contributed by atoms with van der Waals surface area (Å²) < 4.78 is 0. The van der Waals surface area contributed by atoms with Crippen LogP contribution in [0.1, 0.15) is 26.7 Å². The van der Waals surface area contributed by atoms with E-state index in [1.807, 2.05) is 13.8 Å². The van der Waals surface area contributed by atoms with Gasteiger partial charge in [0.05, 0.1) is 5.41 Å². The van der Waals surface area contributed by atoms with Crippen LogP contribution in [0.5, 0.6) is 0 Å². The molecule has 0 aliphatic rings. The average Bonchev–Trinajstić information content (AvgIpc) is 1.88. The predicted molar refractivity (Wildman–Crippen MR) is 46.1 cm³/mol. The van der Waals surface area contributed by atoms with E-state index in [1.54, 1.807) is 0 Å². The van der Waals surface area contributed by atoms with Crippen LogP contribution in [-0.2, 0) is 4.79 Å². The topological polar surface area (TPSA) is 43.1 Å². The van der Waals surface area contributed by atoms with Gasteiger partial charge in [0.15, 0.2) is 0 Å². The molecule has 0 aliphatic carbocycles. The second-order valence-electron chi connectivity index (χ2n) is 2.83. The summed E-state index contributed by atoms with van der Waals surface area (Å²) in [5.41, 5.74) is 4.77. The van der Waals surface area contributed by atoms with Crippen molar-refractivity contribution in [3.63, 3.8) is 0 Å². The minimum atomic E-state index is -0.405. The van der Waals surface area contributed by atoms with Crippen molar-refractivity contribution in [3.05, 3.63) is 0 Å². The van der Waals surface area contributed by atoms with E-state index in [9.17, 15) is 4.79 Å². The first-order chi connectivity index (χ1) is 4.56. The smallest absolute Gasteiger partial charge is 0.224 e. The highest BCUT2D eigenvalue weighted by molar-refractivity contribution is 7.80. The van der Waals surface area contributed by atoms with E-state index in [1.165, 1.54) is 0 Å². The zero-order valence-electron chi connectivity index (χ0n) is 6.55. The second kappa shape index (κ2) is 3.86. The third-order valence-corrected chi connectivity index (χ3v) is 2.44. The van der Waals surface area contributed by atoms with E-state index in [0.717, 1.165) is 12.8 Å². The Labute approximate surface area is 67.6 Å². The summed E-state index contributed by atoms with van der Waals surface area (Å²) >= 11 is 4.07. The van der Waals surface area contributed by atoms with E-state index in [2.05, 4.69) is 12.6 Å². The standard InChI is InChI=1S/C7H15NOS/c1-3-4-7(2,5-10)6(8)9/h10H,3-5H2,1-2H3,(H2,8,9). The van der Waals surface area contributed by atoms with Crippen molar-refractivity contribution in [3.8, 4) is 0 Å². The molecule has 60 valence electrons. The molecular weight excluding hydrogens is 146 g/mol. The Kier molecular flexibility index (Phi) is 3.79. The maximum Gasteiger partial charge on any atom is 0.224 e. The van der Waals surface area contributed by atoms with Gasteiger partial charge in [0.25, 0.3) is 0 Å². The summed E-state index contributed by atoms with van der Waals surface area (Å²) in [6.07, 6.45) is 1.80. The molecule has 0 saturated carbocycles. The van der Waals surface area contributed by atoms with Crippen LogP contribution in [0.4, 0.5) is 0 Å². The number of thiol groups is 1. The lowest BCUT2D eigenvalue weighted by molar-refractivity contribution is -0.126. The van der Waals surface area contributed by atoms with Crippen LogP contribution < -0.4 is 5.73 Å². The number of nitrogens with two attached hydrogens (primary N) is 1. The van der Waals surface area contributed by atoms with Crippen LogP contribution in [-0.4, -0.2) is 11.7 Å². The van der Waals surface area contributed by atoms with E-state index in [-0.39, 0.29) is 5.91 Å². The number of carbonyl (C=O) groups is 1. The third kappa shape index (κ3) is 2.21. The van der Waals surface area contributed by atoms with Crippen LogP contribution >= 0.6 is 12.6 Å². The summed E-state index contributed by atoms with van der Waals surface area (Å²) in [5, 5.41) is 0. The molecule has 10 heavy (non-hydrogen) atoms. The Bertz CT molecular complexity index is 127. The SMILES string of the molecule is CCCC(C)(CS)C(N)=O. The van der Waals surface area contributed by atoms with Crippen LogP contribution in [0, 0.1) is 5.41 Å². The molecule has 0 fully saturated rings. The monoisotopic (exact) mass is 161 g/mol. The Balaban J connectivity index is 4.08. The summed E-state index contributed by atoms with van der Waals surface area (Å²) in [6, 6.07) is 0. The molecule has 0 aromatic carbocycles. The van der Waals surface area contributed by atoms with E-state index in [0.29, 0.717) is 5.75 Å². The molecule has 1 unspecified atom stereocenters. The molecule has 0 aliphatic heterocycles. The summed E-state index contributed by atoms with van der Waals surface area (Å²) in [4.78, 5) is 10.8. The van der Waals surface area contributed by atoms with Crippen molar-refractivity contribution in [2.75, 3.05) is 5.75 Å². The predicted octanol–water partition coefficient (Wildman–Crippen LogP) is 1.21. The van der Waals surface area contributed by atoms with Crippen molar-refractivity contribution < 1.29 is 4.79 Å². The van der Waals surface area contributed by atoms with Crippen molar-refractivity contribution in [1.29, 1.82) is 0 Å². The van der Waals surface area contributed by atoms with Crippen molar-refractivity contribution in [2.45, 2.75) is 26.7 Å². The maximum atomic E-state index is 10.8. The lowest BCUT2D eigenvalue weighted by atomic mass is 9.87. The number of hydrogen-bond acceptors (Lipinski definition) is 2. The van der Waals surface area contributed by atoms with Gasteiger partial charge in [-0.3, -0.25) is 4.79 Å². The van der Waals surface area contributed by atoms with Gasteiger partial charge in [-0.15, -0.1) is 0 Å². The lowest BCUT2D eigenvalue weighted by Crippen LogP contribution is -2.35. The van der Waals surface area contributed by atoms with E-state index >= 15 is 0 Å². The minimum absolute atomic E-state index is 0.246. The van der Waals surface area contributed by atoms with Gasteiger partial charge in [0, 0.05) is 5.75 Å². The number of amides is 1. The fourth-order valence-corrected chi connectivity index (χ4v) is 1.15. The highest BCUT2D eigenvalue weighted by Crippen LogP contribution is 2.23. The second-order valence-corrected chi connectivity index (χ2v) is 3.15. The summed E-state index contributed by atoms with van der Waals surface area (Å²) in [6.45, 7) is 3.89. The normalized spacial score (nSPS) is 16.3. The number of rotatable bonds is 4. The molecule has 0 aromatic rings. The van der Waals surface area contributed by atoms with E-state index < -0.39 is 5.41 Å². The van der Waals surface area contributed by atoms with Gasteiger partial charge in [-0.1, -0.05) is 13.3 Å². The highest BCUT2D eigenvalue weighted by Gasteiger charge is 2.27. The average molecular weight is 161 g/mol. The van der Waals surface area contributed by atoms with Crippen molar-refractivity contribution in [1.82, 2.24) is 0 Å². The molecule has 0 saturated heterocycles. The van der Waals surface area contributed by atoms with Gasteiger partial charge < -0.3 is 5.73 Å². The molecule has 1 amide bonds. The largest absolute Gasteiger partial charge is 0.369 e. The molecule has 2 nitrogen and oxygen atoms in total. The number of hydrogen-bond donors (Lipinski definition) is 2. The molecule has 0 heterocycles. The molecule has 0 rings (SSSR count). The van der Waals surface area contributed by atoms with Crippen LogP contribution in [0.2, 0.25) is 0 Å². The number of carbonyl (C=O) groups excluding carboxylic acids is 1. The number of primary amides is 1. The van der Waals surface area contributed by atoms with E-state index in [4.69, 9.17) is 5.73 Å². The quantitative estimate of drug-likeness (QED) is 0.598. The van der Waals surface area contributed by atoms with Gasteiger partial charge in [0.2, 0.25) is 5.91 Å². The van der Waals surface area contributed by atoms with Crippen molar-refractivity contribution in [2.24, 2.45) is 11.1 Å². The molecular formula is C7H15NOS. The van der Waals surface area contributed by atoms with Crippen LogP contribution in [0.15, 0.2) is 0 Å². The maximum absolute atomic E-state index is 10.8. The first-order valence-electron chi connectivity index (χ1n) is 3.47. The van der Waals surface area contributed by atoms with Crippen LogP contribution in [0.3, 0.4) is 0 Å². The summed E-state index contributed by atoms with van der Waals surface area (Å²) in [5.74, 6) is 0.292. The van der Waals surface area contributed by atoms with Gasteiger partial charge in [-0.25, -0.2) is 0 Å². The molecule has 0 aromatic heterocycles. The fourth-order valence-electron chi connectivity index (χ4n) is 0.832. The van der Waals surface area contributed by atoms with Gasteiger partial charge in [-0.2, -0.15) is 12.6 Å². The lowest BCUT2D eigenvalue weighted by Gasteiger charge is -2.22. The fraction of sp³-hybridized carbons (Fsp3) is 0.857. The third-order valence-electron chi connectivity index (χ3n) is 1.75. The summed E-state index contributed by atoms with van der Waals surface area (Å²) in [7, 11) is 0. The van der Waals surface area contributed by atoms with Gasteiger partial charge >= 0.3 is 0 Å². The minimum Gasteiger partial charge on any atom is -0.369 e. The van der Waals surface area contributed by atoms with Gasteiger partial charge in [0.1, 0.15) is 0 Å². The molecule has 2 N–H and O–H groups in total. The zero-order chi connectivity index (χ0) is 8.20. The first-order valence-corrected chi connectivity index (χ1v) is 4.11. The molecule has 0 spiro atoms. The Morgan fingerprint density at radius 3 is 2.30 bits per heavy atom. The molecule has 0 bridgehead atoms. The molecule has 0 radical (unpaired) electrons. The van der Waals surface area contributed by atoms with Gasteiger partial charge in [-0.05, 0) is 13.3 Å². The molecule has 1 atom stereocenters. The zero-order valence-corrected chi connectivity index (χ0v) is 7.45. The Morgan fingerprint density at radius 2 is 2.20 bits per heavy atom. The Morgan fingerprint density at radius 1 is 1.70 bits per heavy atom. The van der Waals surface area contributed by atoms with Crippen LogP contribution in [0.25, 0.3) is 0 Å². The highest BCUT2D eigenvalue weighted by atomic mass is 32.1. The first kappa shape index (κ1) is 9.82.